The number of benzene rings is 2. The van der Waals surface area contributed by atoms with Gasteiger partial charge in [0.25, 0.3) is 5.91 Å². The van der Waals surface area contributed by atoms with Crippen LogP contribution in [-0.4, -0.2) is 46.1 Å². The summed E-state index contributed by atoms with van der Waals surface area (Å²) >= 11 is 0. The van der Waals surface area contributed by atoms with Crippen LogP contribution in [0.3, 0.4) is 0 Å². The fraction of sp³-hybridized carbons (Fsp3) is 0.333. The molecule has 1 fully saturated rings. The fourth-order valence-electron chi connectivity index (χ4n) is 4.46. The number of rotatable bonds is 9. The summed E-state index contributed by atoms with van der Waals surface area (Å²) in [5.41, 5.74) is 0.0148. The van der Waals surface area contributed by atoms with Gasteiger partial charge in [0.2, 0.25) is 0 Å². The molecular formula is C27H27F3N4O4S. The van der Waals surface area contributed by atoms with Crippen molar-refractivity contribution < 1.29 is 34.2 Å². The maximum atomic E-state index is 13.6. The van der Waals surface area contributed by atoms with E-state index in [4.69, 9.17) is 2.74 Å². The third kappa shape index (κ3) is 5.44. The van der Waals surface area contributed by atoms with Crippen LogP contribution in [0.4, 0.5) is 13.2 Å². The van der Waals surface area contributed by atoms with Crippen LogP contribution in [0.5, 0.6) is 0 Å². The highest BCUT2D eigenvalue weighted by molar-refractivity contribution is 7.91. The number of carbonyl (C=O) groups excluding carboxylic acids is 1. The molecule has 0 bridgehead atoms. The number of aromatic nitrogens is 3. The Morgan fingerprint density at radius 1 is 1.18 bits per heavy atom. The molecule has 39 heavy (non-hydrogen) atoms. The Hall–Kier alpha value is -3.64. The van der Waals surface area contributed by atoms with Gasteiger partial charge in [0.15, 0.2) is 9.84 Å². The predicted molar refractivity (Wildman–Crippen MR) is 138 cm³/mol. The standard InChI is InChI=1S/C27H27F3N4O4S/c1-2-39(37,38)22-8-3-17(4-9-22)23(16-35)32-26(36)18-5-10-24-19(13-18)14-21(34(24)20-6-7-20)15-33-25(11-12-31-33)27(28,29)30/h3-5,8-14,20,23,35H,2,6-7,15-16H2,1H3,(H,32,36)/t23-/m0/s1/i15D2. The van der Waals surface area contributed by atoms with Gasteiger partial charge in [-0.1, -0.05) is 19.1 Å². The minimum absolute atomic E-state index is 0.0166. The molecule has 4 aromatic rings. The molecule has 1 aliphatic carbocycles. The molecule has 2 aromatic carbocycles. The number of alkyl halides is 3. The molecule has 2 heterocycles. The third-order valence-corrected chi connectivity index (χ3v) is 8.43. The van der Waals surface area contributed by atoms with E-state index < -0.39 is 46.8 Å². The van der Waals surface area contributed by atoms with E-state index in [0.29, 0.717) is 21.1 Å². The maximum absolute atomic E-state index is 13.6. The van der Waals surface area contributed by atoms with Gasteiger partial charge in [0.1, 0.15) is 5.69 Å². The summed E-state index contributed by atoms with van der Waals surface area (Å²) < 4.78 is 84.2. The molecular weight excluding hydrogens is 533 g/mol. The van der Waals surface area contributed by atoms with Crippen molar-refractivity contribution in [3.8, 4) is 0 Å². The van der Waals surface area contributed by atoms with E-state index in [1.54, 1.807) is 10.6 Å². The topological polar surface area (TPSA) is 106 Å². The summed E-state index contributed by atoms with van der Waals surface area (Å²) in [4.78, 5) is 13.3. The summed E-state index contributed by atoms with van der Waals surface area (Å²) in [7, 11) is -3.41. The van der Waals surface area contributed by atoms with Crippen LogP contribution in [0.25, 0.3) is 10.9 Å². The molecule has 1 aliphatic rings. The number of fused-ring (bicyclic) bond motifs is 1. The summed E-state index contributed by atoms with van der Waals surface area (Å²) in [6, 6.07) is 11.7. The van der Waals surface area contributed by atoms with Crippen molar-refractivity contribution in [2.24, 2.45) is 0 Å². The molecule has 12 heteroatoms. The summed E-state index contributed by atoms with van der Waals surface area (Å²) in [6.07, 6.45) is -2.44. The van der Waals surface area contributed by atoms with Gasteiger partial charge < -0.3 is 15.0 Å². The monoisotopic (exact) mass is 562 g/mol. The lowest BCUT2D eigenvalue weighted by Gasteiger charge is -2.17. The second-order valence-corrected chi connectivity index (χ2v) is 11.6. The van der Waals surface area contributed by atoms with Crippen LogP contribution in [0.2, 0.25) is 0 Å². The Labute approximate surface area is 225 Å². The summed E-state index contributed by atoms with van der Waals surface area (Å²) in [5, 5.41) is 16.7. The van der Waals surface area contributed by atoms with Crippen molar-refractivity contribution >= 4 is 26.6 Å². The number of nitrogens with one attached hydrogen (secondary N) is 1. The van der Waals surface area contributed by atoms with Gasteiger partial charge in [-0.2, -0.15) is 18.3 Å². The quantitative estimate of drug-likeness (QED) is 0.313. The number of hydrogen-bond acceptors (Lipinski definition) is 5. The first-order valence-electron chi connectivity index (χ1n) is 13.3. The first-order chi connectivity index (χ1) is 19.3. The number of hydrogen-bond donors (Lipinski definition) is 2. The van der Waals surface area contributed by atoms with E-state index in [1.807, 2.05) is 0 Å². The molecule has 0 saturated heterocycles. The molecule has 2 N–H and O–H groups in total. The van der Waals surface area contributed by atoms with Crippen molar-refractivity contribution in [3.63, 3.8) is 0 Å². The molecule has 0 unspecified atom stereocenters. The van der Waals surface area contributed by atoms with E-state index in [9.17, 15) is 31.5 Å². The van der Waals surface area contributed by atoms with Gasteiger partial charge in [-0.3, -0.25) is 9.48 Å². The maximum Gasteiger partial charge on any atom is 0.433 e. The Morgan fingerprint density at radius 3 is 2.51 bits per heavy atom. The van der Waals surface area contributed by atoms with Crippen molar-refractivity contribution in [1.82, 2.24) is 19.7 Å². The van der Waals surface area contributed by atoms with E-state index in [2.05, 4.69) is 10.4 Å². The van der Waals surface area contributed by atoms with Gasteiger partial charge in [-0.25, -0.2) is 8.42 Å². The highest BCUT2D eigenvalue weighted by Crippen LogP contribution is 2.40. The van der Waals surface area contributed by atoms with E-state index in [1.165, 1.54) is 49.4 Å². The molecule has 5 rings (SSSR count). The lowest BCUT2D eigenvalue weighted by Crippen LogP contribution is -2.30. The largest absolute Gasteiger partial charge is 0.433 e. The van der Waals surface area contributed by atoms with Crippen molar-refractivity contribution in [3.05, 3.63) is 83.3 Å². The lowest BCUT2D eigenvalue weighted by atomic mass is 10.1. The minimum Gasteiger partial charge on any atom is -0.394 e. The van der Waals surface area contributed by atoms with Crippen LogP contribution in [0.15, 0.2) is 65.7 Å². The first-order valence-corrected chi connectivity index (χ1v) is 13.9. The Balaban J connectivity index is 1.46. The predicted octanol–water partition coefficient (Wildman–Crippen LogP) is 4.50. The van der Waals surface area contributed by atoms with Crippen molar-refractivity contribution in [2.45, 2.75) is 49.4 Å². The zero-order valence-corrected chi connectivity index (χ0v) is 21.6. The van der Waals surface area contributed by atoms with E-state index in [0.717, 1.165) is 25.1 Å². The fourth-order valence-corrected chi connectivity index (χ4v) is 5.34. The second kappa shape index (κ2) is 10.2. The first kappa shape index (κ1) is 24.4. The van der Waals surface area contributed by atoms with Crippen LogP contribution >= 0.6 is 0 Å². The molecule has 0 radical (unpaired) electrons. The molecule has 0 spiro atoms. The van der Waals surface area contributed by atoms with Gasteiger partial charge in [-0.15, -0.1) is 0 Å². The van der Waals surface area contributed by atoms with Gasteiger partial charge >= 0.3 is 6.18 Å². The Kier molecular flexibility index (Phi) is 6.36. The highest BCUT2D eigenvalue weighted by atomic mass is 32.2. The number of halogens is 3. The molecule has 1 amide bonds. The van der Waals surface area contributed by atoms with Crippen LogP contribution in [-0.2, 0) is 22.5 Å². The molecule has 8 nitrogen and oxygen atoms in total. The zero-order valence-electron chi connectivity index (χ0n) is 22.8. The van der Waals surface area contributed by atoms with Crippen LogP contribution in [0, 0.1) is 0 Å². The molecule has 206 valence electrons. The zero-order chi connectivity index (χ0) is 29.7. The van der Waals surface area contributed by atoms with E-state index >= 15 is 0 Å². The van der Waals surface area contributed by atoms with Crippen molar-refractivity contribution in [1.29, 1.82) is 0 Å². The summed E-state index contributed by atoms with van der Waals surface area (Å²) in [5.74, 6) is -0.613. The summed E-state index contributed by atoms with van der Waals surface area (Å²) in [6.45, 7) is -1.57. The Bertz CT molecular complexity index is 1710. The lowest BCUT2D eigenvalue weighted by molar-refractivity contribution is -0.144. The van der Waals surface area contributed by atoms with Crippen LogP contribution < -0.4 is 5.32 Å². The van der Waals surface area contributed by atoms with Gasteiger partial charge in [-0.05, 0) is 60.9 Å². The smallest absolute Gasteiger partial charge is 0.394 e. The number of carbonyl (C=O) groups is 1. The molecule has 0 aliphatic heterocycles. The van der Waals surface area contributed by atoms with Crippen molar-refractivity contribution in [2.75, 3.05) is 12.4 Å². The number of aliphatic hydroxyl groups is 1. The average Bonchev–Trinajstić information content (AvgIpc) is 3.48. The van der Waals surface area contributed by atoms with Gasteiger partial charge in [0.05, 0.1) is 32.5 Å². The molecule has 1 atom stereocenters. The number of aliphatic hydroxyl groups excluding tert-OH is 1. The normalized spacial score (nSPS) is 16.1. The van der Waals surface area contributed by atoms with Gasteiger partial charge in [0, 0.05) is 34.4 Å². The number of amides is 1. The SMILES string of the molecule is [2H]C([2H])(c1cc2cc(C(=O)N[C@@H](CO)c3ccc(S(=O)(=O)CC)cc3)ccc2n1C1CC1)n1nccc1C(F)(F)F. The third-order valence-electron chi connectivity index (χ3n) is 6.68. The molecule has 2 aromatic heterocycles. The highest BCUT2D eigenvalue weighted by Gasteiger charge is 2.35. The van der Waals surface area contributed by atoms with Crippen LogP contribution in [0.1, 0.15) is 61.9 Å². The second-order valence-electron chi connectivity index (χ2n) is 9.32. The Morgan fingerprint density at radius 2 is 1.90 bits per heavy atom. The number of nitrogens with zero attached hydrogens (tertiary/aromatic N) is 3. The number of sulfone groups is 1. The molecule has 1 saturated carbocycles. The minimum atomic E-state index is -4.81. The van der Waals surface area contributed by atoms with E-state index in [-0.39, 0.29) is 27.9 Å². The average molecular weight is 563 g/mol.